The molecule has 2 aromatic carbocycles. The van der Waals surface area contributed by atoms with Crippen LogP contribution in [0.1, 0.15) is 40.2 Å². The Kier molecular flexibility index (Phi) is 7.39. The third kappa shape index (κ3) is 4.46. The Balaban J connectivity index is 0.000000775. The van der Waals surface area contributed by atoms with Gasteiger partial charge in [0.05, 0.1) is 0 Å². The van der Waals surface area contributed by atoms with E-state index in [1.54, 1.807) is 0 Å². The summed E-state index contributed by atoms with van der Waals surface area (Å²) in [5, 5.41) is 0. The summed E-state index contributed by atoms with van der Waals surface area (Å²) in [6.07, 6.45) is 8.03. The Hall–Kier alpha value is -2.08. The Bertz CT molecular complexity index is 617. The highest BCUT2D eigenvalue weighted by Gasteiger charge is 2.06. The number of allylic oxidation sites excluding steroid dienone is 4. The minimum atomic E-state index is 0. The number of rotatable bonds is 2. The summed E-state index contributed by atoms with van der Waals surface area (Å²) in [4.78, 5) is 0. The van der Waals surface area contributed by atoms with Gasteiger partial charge in [-0.15, -0.1) is 0 Å². The van der Waals surface area contributed by atoms with Crippen molar-refractivity contribution in [3.05, 3.63) is 78.4 Å². The van der Waals surface area contributed by atoms with Gasteiger partial charge in [0.1, 0.15) is 0 Å². The first-order chi connectivity index (χ1) is 10.3. The zero-order chi connectivity index (χ0) is 15.1. The Morgan fingerprint density at radius 1 is 0.818 bits per heavy atom. The van der Waals surface area contributed by atoms with E-state index >= 15 is 0 Å². The molecule has 0 N–H and O–H groups in total. The van der Waals surface area contributed by atoms with Gasteiger partial charge in [-0.2, -0.15) is 0 Å². The van der Waals surface area contributed by atoms with Crippen LogP contribution in [0.2, 0.25) is 0 Å². The molecule has 22 heavy (non-hydrogen) atoms. The fourth-order valence-electron chi connectivity index (χ4n) is 2.45. The quantitative estimate of drug-likeness (QED) is 0.559. The third-order valence-corrected chi connectivity index (χ3v) is 3.62. The molecule has 0 aromatic heterocycles. The summed E-state index contributed by atoms with van der Waals surface area (Å²) < 4.78 is 0. The number of hydrogen-bond donors (Lipinski definition) is 0. The van der Waals surface area contributed by atoms with Crippen LogP contribution in [0.5, 0.6) is 0 Å². The van der Waals surface area contributed by atoms with Crippen LogP contribution in [0.25, 0.3) is 16.7 Å². The number of hydrogen-bond acceptors (Lipinski definition) is 0. The first-order valence-electron chi connectivity index (χ1n) is 7.87. The summed E-state index contributed by atoms with van der Waals surface area (Å²) in [6.45, 7) is 6.25. The highest BCUT2D eigenvalue weighted by molar-refractivity contribution is 5.78. The van der Waals surface area contributed by atoms with Crippen molar-refractivity contribution in [3.63, 3.8) is 0 Å². The van der Waals surface area contributed by atoms with Crippen LogP contribution >= 0.6 is 0 Å². The van der Waals surface area contributed by atoms with Crippen molar-refractivity contribution in [1.29, 1.82) is 0 Å². The fraction of sp³-hybridized carbons (Fsp3) is 0.273. The van der Waals surface area contributed by atoms with E-state index in [2.05, 4.69) is 79.7 Å². The van der Waals surface area contributed by atoms with Crippen molar-refractivity contribution in [2.24, 2.45) is 5.92 Å². The molecule has 0 spiro atoms. The predicted molar refractivity (Wildman–Crippen MR) is 101 cm³/mol. The van der Waals surface area contributed by atoms with Crippen LogP contribution in [0, 0.1) is 5.92 Å². The van der Waals surface area contributed by atoms with E-state index in [1.165, 1.54) is 22.3 Å². The molecule has 0 saturated heterocycles. The fourth-order valence-corrected chi connectivity index (χ4v) is 2.45. The minimum Gasteiger partial charge on any atom is -0.0808 e. The van der Waals surface area contributed by atoms with Crippen molar-refractivity contribution >= 4 is 5.57 Å². The Morgan fingerprint density at radius 2 is 1.45 bits per heavy atom. The summed E-state index contributed by atoms with van der Waals surface area (Å²) in [6, 6.07) is 19.3. The highest BCUT2D eigenvalue weighted by atomic mass is 14.1. The third-order valence-electron chi connectivity index (χ3n) is 3.62. The van der Waals surface area contributed by atoms with Crippen LogP contribution in [-0.2, 0) is 0 Å². The lowest BCUT2D eigenvalue weighted by atomic mass is 9.92. The summed E-state index contributed by atoms with van der Waals surface area (Å²) in [5.74, 6) is 0.668. The summed E-state index contributed by atoms with van der Waals surface area (Å²) in [5.41, 5.74) is 5.21. The van der Waals surface area contributed by atoms with E-state index in [0.717, 1.165) is 6.42 Å². The van der Waals surface area contributed by atoms with Gasteiger partial charge in [0.25, 0.3) is 0 Å². The van der Waals surface area contributed by atoms with Gasteiger partial charge in [-0.05, 0) is 40.7 Å². The smallest absolute Gasteiger partial charge is 0.0178 e. The molecular weight excluding hydrogens is 264 g/mol. The zero-order valence-electron chi connectivity index (χ0n) is 13.2. The van der Waals surface area contributed by atoms with Crippen molar-refractivity contribution in [3.8, 4) is 11.1 Å². The lowest BCUT2D eigenvalue weighted by Crippen LogP contribution is -1.94. The Morgan fingerprint density at radius 3 is 2.09 bits per heavy atom. The van der Waals surface area contributed by atoms with Gasteiger partial charge in [-0.3, -0.25) is 0 Å². The molecule has 3 rings (SSSR count). The van der Waals surface area contributed by atoms with Crippen LogP contribution in [0.4, 0.5) is 0 Å². The zero-order valence-corrected chi connectivity index (χ0v) is 13.2. The maximum atomic E-state index is 2.34. The van der Waals surface area contributed by atoms with E-state index in [4.69, 9.17) is 0 Å². The molecular formula is C22H28. The maximum Gasteiger partial charge on any atom is -0.0178 e. The molecule has 2 aromatic rings. The predicted octanol–water partition coefficient (Wildman–Crippen LogP) is 7.00. The van der Waals surface area contributed by atoms with Crippen molar-refractivity contribution in [1.82, 2.24) is 0 Å². The van der Waals surface area contributed by atoms with Crippen molar-refractivity contribution in [2.75, 3.05) is 0 Å². The molecule has 0 radical (unpaired) electrons. The van der Waals surface area contributed by atoms with Gasteiger partial charge in [-0.25, -0.2) is 0 Å². The molecule has 0 amide bonds. The van der Waals surface area contributed by atoms with E-state index in [9.17, 15) is 0 Å². The maximum absolute atomic E-state index is 2.34. The molecule has 1 atom stereocenters. The second kappa shape index (κ2) is 9.04. The van der Waals surface area contributed by atoms with Crippen LogP contribution in [0.3, 0.4) is 0 Å². The minimum absolute atomic E-state index is 0. The summed E-state index contributed by atoms with van der Waals surface area (Å²) >= 11 is 0. The van der Waals surface area contributed by atoms with Crippen LogP contribution in [0.15, 0.2) is 72.8 Å². The highest BCUT2D eigenvalue weighted by Crippen LogP contribution is 2.27. The molecule has 0 nitrogen and oxygen atoms in total. The topological polar surface area (TPSA) is 0 Å². The molecule has 116 valence electrons. The van der Waals surface area contributed by atoms with E-state index < -0.39 is 0 Å². The van der Waals surface area contributed by atoms with Crippen LogP contribution < -0.4 is 0 Å². The molecule has 1 aliphatic rings. The van der Waals surface area contributed by atoms with E-state index in [0.29, 0.717) is 5.92 Å². The van der Waals surface area contributed by atoms with Gasteiger partial charge in [0.2, 0.25) is 0 Å². The van der Waals surface area contributed by atoms with Crippen LogP contribution in [-0.4, -0.2) is 0 Å². The molecule has 0 heteroatoms. The first kappa shape index (κ1) is 18.0. The molecule has 0 heterocycles. The first-order valence-corrected chi connectivity index (χ1v) is 7.87. The Labute approximate surface area is 136 Å². The van der Waals surface area contributed by atoms with Gasteiger partial charge in [-0.1, -0.05) is 95.0 Å². The van der Waals surface area contributed by atoms with E-state index in [-0.39, 0.29) is 7.43 Å². The lowest BCUT2D eigenvalue weighted by molar-refractivity contribution is 0.739. The summed E-state index contributed by atoms with van der Waals surface area (Å²) in [7, 11) is 0. The largest absolute Gasteiger partial charge is 0.0808 e. The standard InChI is InChI=1S/C19H18.C2H6.CH4/c1-15-10-12-17(13-11-15)19-9-5-8-18(14-19)16-6-3-2-4-7-16;1-2;/h2-10,12-15H,11H2,1H3;1-2H3;1H4. The molecule has 1 aliphatic carbocycles. The molecule has 0 bridgehead atoms. The molecule has 0 saturated carbocycles. The second-order valence-electron chi connectivity index (χ2n) is 5.18. The average Bonchev–Trinajstić information content (AvgIpc) is 2.58. The van der Waals surface area contributed by atoms with Gasteiger partial charge >= 0.3 is 0 Å². The normalized spacial score (nSPS) is 16.0. The van der Waals surface area contributed by atoms with Crippen molar-refractivity contribution < 1.29 is 0 Å². The van der Waals surface area contributed by atoms with E-state index in [1.807, 2.05) is 13.8 Å². The monoisotopic (exact) mass is 292 g/mol. The molecule has 1 unspecified atom stereocenters. The molecule has 0 fully saturated rings. The van der Waals surface area contributed by atoms with Gasteiger partial charge in [0, 0.05) is 0 Å². The molecule has 0 aliphatic heterocycles. The van der Waals surface area contributed by atoms with Gasteiger partial charge < -0.3 is 0 Å². The van der Waals surface area contributed by atoms with Gasteiger partial charge in [0.15, 0.2) is 0 Å². The SMILES string of the molecule is C.CC.CC1C=CC(c2cccc(-c3ccccc3)c2)=CC1. The number of benzene rings is 2. The van der Waals surface area contributed by atoms with Crippen molar-refractivity contribution in [2.45, 2.75) is 34.6 Å². The second-order valence-corrected chi connectivity index (χ2v) is 5.18. The lowest BCUT2D eigenvalue weighted by Gasteiger charge is -2.13. The average molecular weight is 292 g/mol.